The van der Waals surface area contributed by atoms with E-state index in [1.54, 1.807) is 0 Å². The van der Waals surface area contributed by atoms with Gasteiger partial charge in [-0.25, -0.2) is 0 Å². The molecule has 0 radical (unpaired) electrons. The van der Waals surface area contributed by atoms with Crippen molar-refractivity contribution < 1.29 is 9.53 Å². The molecule has 0 heterocycles. The Labute approximate surface area is 155 Å². The van der Waals surface area contributed by atoms with E-state index < -0.39 is 0 Å². The van der Waals surface area contributed by atoms with Crippen LogP contribution in [0.5, 0.6) is 0 Å². The molecule has 2 nitrogen and oxygen atoms in total. The first-order valence-corrected chi connectivity index (χ1v) is 10.8. The zero-order valence-corrected chi connectivity index (χ0v) is 16.5. The molecule has 0 saturated heterocycles. The number of rotatable bonds is 14. The molecule has 0 spiro atoms. The number of esters is 1. The molecule has 2 heteroatoms. The average molecular weight is 347 g/mol. The van der Waals surface area contributed by atoms with E-state index in [1.165, 1.54) is 69.8 Å². The van der Waals surface area contributed by atoms with E-state index in [-0.39, 0.29) is 11.4 Å². The third-order valence-corrected chi connectivity index (χ3v) is 5.92. The van der Waals surface area contributed by atoms with Crippen molar-refractivity contribution in [3.63, 3.8) is 0 Å². The van der Waals surface area contributed by atoms with Gasteiger partial charge in [-0.05, 0) is 30.8 Å². The summed E-state index contributed by atoms with van der Waals surface area (Å²) in [6, 6.07) is 0. The maximum absolute atomic E-state index is 11.8. The van der Waals surface area contributed by atoms with Crippen LogP contribution in [0, 0.1) is 11.3 Å². The number of unbranched alkanes of at least 4 members (excludes halogenated alkanes) is 8. The molecule has 2 aliphatic rings. The second-order valence-corrected chi connectivity index (χ2v) is 8.06. The summed E-state index contributed by atoms with van der Waals surface area (Å²) in [5.41, 5.74) is 1.57. The Kier molecular flexibility index (Phi) is 8.78. The minimum atomic E-state index is -0.0308. The lowest BCUT2D eigenvalue weighted by Gasteiger charge is -2.28. The van der Waals surface area contributed by atoms with E-state index in [0.717, 1.165) is 12.8 Å². The van der Waals surface area contributed by atoms with E-state index >= 15 is 0 Å². The first-order chi connectivity index (χ1) is 12.2. The van der Waals surface area contributed by atoms with Crippen molar-refractivity contribution in [1.29, 1.82) is 0 Å². The number of ether oxygens (including phenoxy) is 1. The van der Waals surface area contributed by atoms with Crippen LogP contribution < -0.4 is 0 Å². The van der Waals surface area contributed by atoms with Gasteiger partial charge in [-0.3, -0.25) is 4.79 Å². The predicted octanol–water partition coefficient (Wildman–Crippen LogP) is 6.75. The Morgan fingerprint density at radius 2 is 1.72 bits per heavy atom. The van der Waals surface area contributed by atoms with Gasteiger partial charge in [-0.1, -0.05) is 89.9 Å². The molecule has 0 fully saturated rings. The first kappa shape index (κ1) is 20.3. The fraction of sp³-hybridized carbons (Fsp3) is 0.783. The van der Waals surface area contributed by atoms with Gasteiger partial charge < -0.3 is 4.74 Å². The fourth-order valence-corrected chi connectivity index (χ4v) is 4.31. The van der Waals surface area contributed by atoms with Crippen LogP contribution in [0.1, 0.15) is 97.3 Å². The molecule has 0 amide bonds. The normalized spacial score (nSPS) is 23.9. The van der Waals surface area contributed by atoms with Crippen LogP contribution in [-0.4, -0.2) is 12.6 Å². The number of carbonyl (C=O) groups excluding carboxylic acids is 1. The molecule has 142 valence electrons. The van der Waals surface area contributed by atoms with Gasteiger partial charge in [-0.2, -0.15) is 0 Å². The van der Waals surface area contributed by atoms with Gasteiger partial charge in [-0.15, -0.1) is 0 Å². The lowest BCUT2D eigenvalue weighted by molar-refractivity contribution is -0.143. The SMILES string of the molecule is CCCCCCCCCCC12C=CC(C=C1COC(=O)CCCC)C2. The lowest BCUT2D eigenvalue weighted by atomic mass is 9.78. The van der Waals surface area contributed by atoms with Gasteiger partial charge >= 0.3 is 5.97 Å². The van der Waals surface area contributed by atoms with Crippen molar-refractivity contribution in [1.82, 2.24) is 0 Å². The smallest absolute Gasteiger partial charge is 0.306 e. The summed E-state index contributed by atoms with van der Waals surface area (Å²) < 4.78 is 5.55. The third-order valence-electron chi connectivity index (χ3n) is 5.92. The van der Waals surface area contributed by atoms with Crippen molar-refractivity contribution in [2.75, 3.05) is 6.61 Å². The van der Waals surface area contributed by atoms with Crippen LogP contribution in [0.25, 0.3) is 0 Å². The maximum Gasteiger partial charge on any atom is 0.306 e. The van der Waals surface area contributed by atoms with E-state index in [0.29, 0.717) is 18.9 Å². The lowest BCUT2D eigenvalue weighted by Crippen LogP contribution is -2.21. The van der Waals surface area contributed by atoms with E-state index in [4.69, 9.17) is 4.74 Å². The second kappa shape index (κ2) is 10.8. The molecule has 2 rings (SSSR count). The number of allylic oxidation sites excluding steroid dienone is 3. The average Bonchev–Trinajstić information content (AvgIpc) is 3.18. The van der Waals surface area contributed by atoms with Gasteiger partial charge in [0.1, 0.15) is 6.61 Å². The molecular weight excluding hydrogens is 308 g/mol. The summed E-state index contributed by atoms with van der Waals surface area (Å²) in [4.78, 5) is 11.8. The Morgan fingerprint density at radius 1 is 1.04 bits per heavy atom. The third kappa shape index (κ3) is 6.31. The van der Waals surface area contributed by atoms with Crippen LogP contribution in [0.4, 0.5) is 0 Å². The van der Waals surface area contributed by atoms with Crippen LogP contribution >= 0.6 is 0 Å². The Hall–Kier alpha value is -1.05. The number of hydrogen-bond donors (Lipinski definition) is 0. The summed E-state index contributed by atoms with van der Waals surface area (Å²) in [7, 11) is 0. The molecular formula is C23H38O2. The van der Waals surface area contributed by atoms with Crippen molar-refractivity contribution in [2.45, 2.75) is 97.3 Å². The van der Waals surface area contributed by atoms with Crippen molar-refractivity contribution in [3.05, 3.63) is 23.8 Å². The van der Waals surface area contributed by atoms with Gasteiger partial charge in [0.2, 0.25) is 0 Å². The van der Waals surface area contributed by atoms with E-state index in [2.05, 4.69) is 32.1 Å². The summed E-state index contributed by atoms with van der Waals surface area (Å²) in [5.74, 6) is 0.551. The highest BCUT2D eigenvalue weighted by atomic mass is 16.5. The number of carbonyl (C=O) groups is 1. The summed E-state index contributed by atoms with van der Waals surface area (Å²) in [6.45, 7) is 4.89. The van der Waals surface area contributed by atoms with Gasteiger partial charge in [0, 0.05) is 11.8 Å². The molecule has 2 aliphatic carbocycles. The fourth-order valence-electron chi connectivity index (χ4n) is 4.31. The molecule has 0 aromatic carbocycles. The van der Waals surface area contributed by atoms with Crippen LogP contribution in [-0.2, 0) is 9.53 Å². The highest BCUT2D eigenvalue weighted by Gasteiger charge is 2.42. The van der Waals surface area contributed by atoms with Crippen LogP contribution in [0.2, 0.25) is 0 Å². The maximum atomic E-state index is 11.8. The highest BCUT2D eigenvalue weighted by Crippen LogP contribution is 2.52. The molecule has 0 aromatic rings. The molecule has 0 N–H and O–H groups in total. The van der Waals surface area contributed by atoms with Gasteiger partial charge in [0.25, 0.3) is 0 Å². The topological polar surface area (TPSA) is 26.3 Å². The molecule has 0 aromatic heterocycles. The highest BCUT2D eigenvalue weighted by molar-refractivity contribution is 5.69. The van der Waals surface area contributed by atoms with E-state index in [9.17, 15) is 4.79 Å². The zero-order valence-electron chi connectivity index (χ0n) is 16.5. The summed E-state index contributed by atoms with van der Waals surface area (Å²) in [5, 5.41) is 0. The molecule has 0 saturated carbocycles. The minimum Gasteiger partial charge on any atom is -0.461 e. The van der Waals surface area contributed by atoms with Crippen LogP contribution in [0.15, 0.2) is 23.8 Å². The summed E-state index contributed by atoms with van der Waals surface area (Å²) >= 11 is 0. The Bertz CT molecular complexity index is 463. The van der Waals surface area contributed by atoms with Crippen molar-refractivity contribution >= 4 is 5.97 Å². The van der Waals surface area contributed by atoms with Crippen molar-refractivity contribution in [2.24, 2.45) is 11.3 Å². The molecule has 0 aliphatic heterocycles. The first-order valence-electron chi connectivity index (χ1n) is 10.8. The minimum absolute atomic E-state index is 0.0308. The van der Waals surface area contributed by atoms with Crippen molar-refractivity contribution in [3.8, 4) is 0 Å². The van der Waals surface area contributed by atoms with Gasteiger partial charge in [0.05, 0.1) is 0 Å². The molecule has 2 atom stereocenters. The second-order valence-electron chi connectivity index (χ2n) is 8.06. The Balaban J connectivity index is 1.66. The van der Waals surface area contributed by atoms with E-state index in [1.807, 2.05) is 0 Å². The quantitative estimate of drug-likeness (QED) is 0.197. The number of hydrogen-bond acceptors (Lipinski definition) is 2. The zero-order chi connectivity index (χ0) is 18.0. The van der Waals surface area contributed by atoms with Gasteiger partial charge in [0.15, 0.2) is 0 Å². The largest absolute Gasteiger partial charge is 0.461 e. The standard InChI is InChI=1S/C23H38O2/c1-3-5-7-8-9-10-11-12-15-23-16-14-20(18-23)17-21(23)19-25-22(24)13-6-4-2/h14,16-17,20H,3-13,15,18-19H2,1-2H3. The molecule has 25 heavy (non-hydrogen) atoms. The molecule has 2 unspecified atom stereocenters. The Morgan fingerprint density at radius 3 is 2.40 bits per heavy atom. The van der Waals surface area contributed by atoms with Crippen LogP contribution in [0.3, 0.4) is 0 Å². The summed E-state index contributed by atoms with van der Waals surface area (Å²) in [6.07, 6.45) is 23.0. The monoisotopic (exact) mass is 346 g/mol. The predicted molar refractivity (Wildman–Crippen MR) is 105 cm³/mol. The number of fused-ring (bicyclic) bond motifs is 2. The molecule has 2 bridgehead atoms.